The van der Waals surface area contributed by atoms with Gasteiger partial charge in [-0.3, -0.25) is 4.79 Å². The highest BCUT2D eigenvalue weighted by Crippen LogP contribution is 2.24. The average Bonchev–Trinajstić information content (AvgIpc) is 3.13. The Hall–Kier alpha value is -1.36. The van der Waals surface area contributed by atoms with Crippen LogP contribution in [0.3, 0.4) is 0 Å². The molecule has 1 unspecified atom stereocenters. The standard InChI is InChI=1S/C19H32N4O/c1-16-4-2-3-12-22(16)13-7-17-8-14-23(15-9-17)19(24)6-5-18-20-10-11-21-18/h10-11,16-17H,2-9,12-15H2,1H3,(H,20,21). The first-order chi connectivity index (χ1) is 11.7. The lowest BCUT2D eigenvalue weighted by Crippen LogP contribution is -2.41. The second kappa shape index (κ2) is 8.65. The number of nitrogens with one attached hydrogen (secondary N) is 1. The number of aromatic amines is 1. The third kappa shape index (κ3) is 4.82. The first kappa shape index (κ1) is 17.5. The van der Waals surface area contributed by atoms with Crippen LogP contribution in [0.15, 0.2) is 12.4 Å². The maximum atomic E-state index is 12.3. The molecule has 0 spiro atoms. The van der Waals surface area contributed by atoms with E-state index in [1.54, 1.807) is 6.20 Å². The van der Waals surface area contributed by atoms with E-state index in [0.717, 1.165) is 37.3 Å². The quantitative estimate of drug-likeness (QED) is 0.871. The van der Waals surface area contributed by atoms with Crippen molar-refractivity contribution in [3.05, 3.63) is 18.2 Å². The van der Waals surface area contributed by atoms with Crippen molar-refractivity contribution in [3.63, 3.8) is 0 Å². The highest BCUT2D eigenvalue weighted by Gasteiger charge is 2.24. The van der Waals surface area contributed by atoms with Crippen LogP contribution in [0.2, 0.25) is 0 Å². The van der Waals surface area contributed by atoms with Gasteiger partial charge in [0, 0.05) is 44.4 Å². The largest absolute Gasteiger partial charge is 0.349 e. The van der Waals surface area contributed by atoms with Gasteiger partial charge in [0.1, 0.15) is 5.82 Å². The Kier molecular flexibility index (Phi) is 6.30. The molecule has 2 fully saturated rings. The number of amides is 1. The fraction of sp³-hybridized carbons (Fsp3) is 0.789. The maximum absolute atomic E-state index is 12.3. The van der Waals surface area contributed by atoms with Crippen molar-refractivity contribution in [2.75, 3.05) is 26.2 Å². The number of aryl methyl sites for hydroxylation is 1. The van der Waals surface area contributed by atoms with Crippen molar-refractivity contribution in [2.24, 2.45) is 5.92 Å². The number of hydrogen-bond acceptors (Lipinski definition) is 3. The molecule has 0 saturated carbocycles. The number of carbonyl (C=O) groups excluding carboxylic acids is 1. The third-order valence-corrected chi connectivity index (χ3v) is 5.86. The molecule has 0 radical (unpaired) electrons. The Morgan fingerprint density at radius 1 is 1.25 bits per heavy atom. The molecule has 1 N–H and O–H groups in total. The second-order valence-corrected chi connectivity index (χ2v) is 7.53. The zero-order valence-corrected chi connectivity index (χ0v) is 15.0. The first-order valence-corrected chi connectivity index (χ1v) is 9.72. The number of aromatic nitrogens is 2. The van der Waals surface area contributed by atoms with Crippen LogP contribution in [-0.2, 0) is 11.2 Å². The molecule has 1 atom stereocenters. The van der Waals surface area contributed by atoms with E-state index in [0.29, 0.717) is 6.42 Å². The van der Waals surface area contributed by atoms with Gasteiger partial charge < -0.3 is 14.8 Å². The number of H-pyrrole nitrogens is 1. The Labute approximate surface area is 145 Å². The lowest BCUT2D eigenvalue weighted by molar-refractivity contribution is -0.132. The summed E-state index contributed by atoms with van der Waals surface area (Å²) in [6.07, 6.45) is 12.6. The molecule has 1 aromatic rings. The molecule has 0 aromatic carbocycles. The van der Waals surface area contributed by atoms with Crippen LogP contribution in [0.5, 0.6) is 0 Å². The van der Waals surface area contributed by atoms with Gasteiger partial charge in [0.2, 0.25) is 5.91 Å². The molecule has 5 nitrogen and oxygen atoms in total. The Morgan fingerprint density at radius 3 is 2.79 bits per heavy atom. The van der Waals surface area contributed by atoms with E-state index in [4.69, 9.17) is 0 Å². The Balaban J connectivity index is 1.33. The summed E-state index contributed by atoms with van der Waals surface area (Å²) in [5.41, 5.74) is 0. The van der Waals surface area contributed by atoms with Gasteiger partial charge >= 0.3 is 0 Å². The normalized spacial score (nSPS) is 23.5. The van der Waals surface area contributed by atoms with Gasteiger partial charge in [0.25, 0.3) is 0 Å². The molecular formula is C19H32N4O. The number of carbonyl (C=O) groups is 1. The molecule has 1 aromatic heterocycles. The smallest absolute Gasteiger partial charge is 0.223 e. The summed E-state index contributed by atoms with van der Waals surface area (Å²) in [6, 6.07) is 0.766. The average molecular weight is 332 g/mol. The summed E-state index contributed by atoms with van der Waals surface area (Å²) < 4.78 is 0. The van der Waals surface area contributed by atoms with Gasteiger partial charge in [-0.25, -0.2) is 4.98 Å². The van der Waals surface area contributed by atoms with E-state index in [2.05, 4.69) is 26.7 Å². The second-order valence-electron chi connectivity index (χ2n) is 7.53. The summed E-state index contributed by atoms with van der Waals surface area (Å²) >= 11 is 0. The number of rotatable bonds is 6. The van der Waals surface area contributed by atoms with Gasteiger partial charge in [-0.15, -0.1) is 0 Å². The van der Waals surface area contributed by atoms with E-state index in [1.807, 2.05) is 6.20 Å². The number of imidazole rings is 1. The lowest BCUT2D eigenvalue weighted by Gasteiger charge is -2.36. The van der Waals surface area contributed by atoms with Gasteiger partial charge in [-0.2, -0.15) is 0 Å². The molecule has 3 rings (SSSR count). The van der Waals surface area contributed by atoms with E-state index in [1.165, 1.54) is 51.6 Å². The maximum Gasteiger partial charge on any atom is 0.223 e. The van der Waals surface area contributed by atoms with E-state index in [-0.39, 0.29) is 5.91 Å². The summed E-state index contributed by atoms with van der Waals surface area (Å²) in [5.74, 6) is 2.00. The molecular weight excluding hydrogens is 300 g/mol. The van der Waals surface area contributed by atoms with Crippen LogP contribution in [-0.4, -0.2) is 57.9 Å². The van der Waals surface area contributed by atoms with Gasteiger partial charge in [0.15, 0.2) is 0 Å². The van der Waals surface area contributed by atoms with E-state index in [9.17, 15) is 4.79 Å². The summed E-state index contributed by atoms with van der Waals surface area (Å²) in [7, 11) is 0. The molecule has 0 aliphatic carbocycles. The predicted octanol–water partition coefficient (Wildman–Crippen LogP) is 2.85. The fourth-order valence-electron chi connectivity index (χ4n) is 4.13. The van der Waals surface area contributed by atoms with Crippen LogP contribution in [0.4, 0.5) is 0 Å². The SMILES string of the molecule is CC1CCCCN1CCC1CCN(C(=O)CCc2ncc[nH]2)CC1. The first-order valence-electron chi connectivity index (χ1n) is 9.72. The summed E-state index contributed by atoms with van der Waals surface area (Å²) in [6.45, 7) is 6.79. The van der Waals surface area contributed by atoms with Crippen LogP contribution >= 0.6 is 0 Å². The van der Waals surface area contributed by atoms with Crippen LogP contribution < -0.4 is 0 Å². The van der Waals surface area contributed by atoms with Crippen LogP contribution in [0.25, 0.3) is 0 Å². The van der Waals surface area contributed by atoms with Crippen molar-refractivity contribution in [3.8, 4) is 0 Å². The third-order valence-electron chi connectivity index (χ3n) is 5.86. The van der Waals surface area contributed by atoms with Crippen molar-refractivity contribution in [1.82, 2.24) is 19.8 Å². The zero-order chi connectivity index (χ0) is 16.8. The predicted molar refractivity (Wildman–Crippen MR) is 95.7 cm³/mol. The lowest BCUT2D eigenvalue weighted by atomic mass is 9.92. The van der Waals surface area contributed by atoms with E-state index < -0.39 is 0 Å². The molecule has 2 aliphatic rings. The Bertz CT molecular complexity index is 493. The monoisotopic (exact) mass is 332 g/mol. The van der Waals surface area contributed by atoms with Crippen molar-refractivity contribution in [2.45, 2.75) is 64.3 Å². The summed E-state index contributed by atoms with van der Waals surface area (Å²) in [5, 5.41) is 0. The minimum absolute atomic E-state index is 0.287. The Morgan fingerprint density at radius 2 is 2.08 bits per heavy atom. The molecule has 1 amide bonds. The number of hydrogen-bond donors (Lipinski definition) is 1. The van der Waals surface area contributed by atoms with Gasteiger partial charge in [-0.1, -0.05) is 6.42 Å². The van der Waals surface area contributed by atoms with Crippen molar-refractivity contribution >= 4 is 5.91 Å². The number of piperidine rings is 2. The molecule has 2 saturated heterocycles. The molecule has 5 heteroatoms. The summed E-state index contributed by atoms with van der Waals surface area (Å²) in [4.78, 5) is 24.3. The minimum Gasteiger partial charge on any atom is -0.349 e. The molecule has 3 heterocycles. The molecule has 0 bridgehead atoms. The van der Waals surface area contributed by atoms with Crippen LogP contribution in [0.1, 0.15) is 57.7 Å². The van der Waals surface area contributed by atoms with Gasteiger partial charge in [0.05, 0.1) is 0 Å². The zero-order valence-electron chi connectivity index (χ0n) is 15.0. The van der Waals surface area contributed by atoms with Crippen molar-refractivity contribution < 1.29 is 4.79 Å². The number of nitrogens with zero attached hydrogens (tertiary/aromatic N) is 3. The molecule has 134 valence electrons. The van der Waals surface area contributed by atoms with Gasteiger partial charge in [-0.05, 0) is 58.0 Å². The fourth-order valence-corrected chi connectivity index (χ4v) is 4.13. The highest BCUT2D eigenvalue weighted by atomic mass is 16.2. The molecule has 2 aliphatic heterocycles. The van der Waals surface area contributed by atoms with E-state index >= 15 is 0 Å². The molecule has 24 heavy (non-hydrogen) atoms. The minimum atomic E-state index is 0.287. The highest BCUT2D eigenvalue weighted by molar-refractivity contribution is 5.76. The topological polar surface area (TPSA) is 52.2 Å². The van der Waals surface area contributed by atoms with Crippen molar-refractivity contribution in [1.29, 1.82) is 0 Å². The van der Waals surface area contributed by atoms with Crippen LogP contribution in [0, 0.1) is 5.92 Å². The number of likely N-dealkylation sites (tertiary alicyclic amines) is 2.